The van der Waals surface area contributed by atoms with Gasteiger partial charge in [-0.3, -0.25) is 4.79 Å². The second-order valence-corrected chi connectivity index (χ2v) is 2.24. The maximum absolute atomic E-state index is 11.0. The van der Waals surface area contributed by atoms with Gasteiger partial charge in [-0.05, 0) is 0 Å². The van der Waals surface area contributed by atoms with Crippen LogP contribution in [0.5, 0.6) is 0 Å². The number of aryl methyl sites for hydroxylation is 1. The highest BCUT2D eigenvalue weighted by atomic mass is 16.1. The molecule has 0 aliphatic carbocycles. The van der Waals surface area contributed by atoms with Gasteiger partial charge in [0, 0.05) is 19.3 Å². The van der Waals surface area contributed by atoms with Crippen molar-refractivity contribution >= 4 is 5.78 Å². The second kappa shape index (κ2) is 1.91. The minimum Gasteiger partial charge on any atom is -0.303 e. The maximum atomic E-state index is 11.0. The van der Waals surface area contributed by atoms with Gasteiger partial charge in [0.2, 0.25) is 5.78 Å². The van der Waals surface area contributed by atoms with Crippen LogP contribution in [-0.4, -0.2) is 19.2 Å². The van der Waals surface area contributed by atoms with E-state index in [1.165, 1.54) is 16.8 Å². The Morgan fingerprint density at radius 1 is 1.55 bits per heavy atom. The number of rotatable bonds is 0. The molecule has 11 heavy (non-hydrogen) atoms. The molecule has 0 saturated carbocycles. The molecular formula is C6H6N4O. The van der Waals surface area contributed by atoms with E-state index in [1.807, 2.05) is 0 Å². The Bertz CT molecular complexity index is 441. The summed E-state index contributed by atoms with van der Waals surface area (Å²) in [6.07, 6.45) is 3.02. The summed E-state index contributed by atoms with van der Waals surface area (Å²) >= 11 is 0. The Balaban J connectivity index is 3.06. The first-order valence-corrected chi connectivity index (χ1v) is 3.14. The summed E-state index contributed by atoms with van der Waals surface area (Å²) in [7, 11) is 1.79. The molecule has 2 aromatic rings. The van der Waals surface area contributed by atoms with E-state index in [-0.39, 0.29) is 5.56 Å². The molecule has 0 aliphatic heterocycles. The number of fused-ring (bicyclic) bond motifs is 1. The first-order chi connectivity index (χ1) is 5.29. The highest BCUT2D eigenvalue weighted by Gasteiger charge is 1.98. The van der Waals surface area contributed by atoms with Gasteiger partial charge >= 0.3 is 0 Å². The lowest BCUT2D eigenvalue weighted by Gasteiger charge is -1.89. The predicted octanol–water partition coefficient (Wildman–Crippen LogP) is -0.572. The lowest BCUT2D eigenvalue weighted by molar-refractivity contribution is 0.891. The first-order valence-electron chi connectivity index (χ1n) is 3.14. The van der Waals surface area contributed by atoms with Gasteiger partial charge in [-0.15, -0.1) is 0 Å². The molecule has 0 radical (unpaired) electrons. The number of aromatic nitrogens is 4. The quantitative estimate of drug-likeness (QED) is 0.505. The van der Waals surface area contributed by atoms with Crippen LogP contribution in [0.3, 0.4) is 0 Å². The minimum absolute atomic E-state index is 0.157. The smallest absolute Gasteiger partial charge is 0.275 e. The predicted molar refractivity (Wildman–Crippen MR) is 38.2 cm³/mol. The molecule has 2 heterocycles. The Morgan fingerprint density at radius 3 is 3.09 bits per heavy atom. The van der Waals surface area contributed by atoms with Crippen molar-refractivity contribution in [1.82, 2.24) is 19.2 Å². The van der Waals surface area contributed by atoms with E-state index >= 15 is 0 Å². The zero-order valence-corrected chi connectivity index (χ0v) is 5.93. The van der Waals surface area contributed by atoms with Crippen molar-refractivity contribution in [1.29, 1.82) is 0 Å². The Labute approximate surface area is 61.9 Å². The van der Waals surface area contributed by atoms with E-state index in [0.29, 0.717) is 5.78 Å². The zero-order valence-electron chi connectivity index (χ0n) is 5.93. The average Bonchev–Trinajstić information content (AvgIpc) is 2.35. The van der Waals surface area contributed by atoms with E-state index in [0.717, 1.165) is 0 Å². The number of hydrogen-bond donors (Lipinski definition) is 0. The molecule has 2 aromatic heterocycles. The molecule has 0 bridgehead atoms. The summed E-state index contributed by atoms with van der Waals surface area (Å²) in [4.78, 5) is 15.0. The van der Waals surface area contributed by atoms with Crippen molar-refractivity contribution in [3.63, 3.8) is 0 Å². The molecule has 0 atom stereocenters. The van der Waals surface area contributed by atoms with Gasteiger partial charge in [0.15, 0.2) is 0 Å². The summed E-state index contributed by atoms with van der Waals surface area (Å²) in [6.45, 7) is 0. The molecule has 0 amide bonds. The molecular weight excluding hydrogens is 144 g/mol. The lowest BCUT2D eigenvalue weighted by Crippen LogP contribution is -2.13. The van der Waals surface area contributed by atoms with Crippen LogP contribution in [-0.2, 0) is 7.05 Å². The number of nitrogens with zero attached hydrogens (tertiary/aromatic N) is 4. The van der Waals surface area contributed by atoms with E-state index < -0.39 is 0 Å². The summed E-state index contributed by atoms with van der Waals surface area (Å²) in [5.74, 6) is 0.553. The number of hydrogen-bond acceptors (Lipinski definition) is 3. The fourth-order valence-corrected chi connectivity index (χ4v) is 0.921. The van der Waals surface area contributed by atoms with Crippen molar-refractivity contribution in [2.75, 3.05) is 0 Å². The normalized spacial score (nSPS) is 10.6. The summed E-state index contributed by atoms with van der Waals surface area (Å²) in [6, 6.07) is 1.38. The monoisotopic (exact) mass is 150 g/mol. The lowest BCUT2D eigenvalue weighted by atomic mass is 10.7. The standard InChI is InChI=1S/C6H6N4O/c1-9-4-8-10-5(11)2-3-7-6(9)10/h2-4H,1H3. The second-order valence-electron chi connectivity index (χ2n) is 2.24. The molecule has 0 aliphatic rings. The van der Waals surface area contributed by atoms with Crippen molar-refractivity contribution in [3.05, 3.63) is 28.9 Å². The molecule has 0 spiro atoms. The highest BCUT2D eigenvalue weighted by molar-refractivity contribution is 5.24. The molecule has 0 saturated heterocycles. The van der Waals surface area contributed by atoms with Crippen molar-refractivity contribution in [3.8, 4) is 0 Å². The van der Waals surface area contributed by atoms with E-state index in [4.69, 9.17) is 0 Å². The van der Waals surface area contributed by atoms with Gasteiger partial charge in [0.1, 0.15) is 6.33 Å². The van der Waals surface area contributed by atoms with E-state index in [9.17, 15) is 4.79 Å². The SMILES string of the molecule is Cn1cnn2c(=O)ccnc12. The van der Waals surface area contributed by atoms with Crippen LogP contribution in [0.4, 0.5) is 0 Å². The fraction of sp³-hybridized carbons (Fsp3) is 0.167. The molecule has 56 valence electrons. The first kappa shape index (κ1) is 6.09. The van der Waals surface area contributed by atoms with Crippen LogP contribution in [0.15, 0.2) is 23.4 Å². The maximum Gasteiger partial charge on any atom is 0.275 e. The molecule has 0 aromatic carbocycles. The Hall–Kier alpha value is -1.65. The van der Waals surface area contributed by atoms with Gasteiger partial charge < -0.3 is 4.57 Å². The van der Waals surface area contributed by atoms with Crippen LogP contribution in [0, 0.1) is 0 Å². The molecule has 0 unspecified atom stereocenters. The van der Waals surface area contributed by atoms with Crippen molar-refractivity contribution in [2.45, 2.75) is 0 Å². The van der Waals surface area contributed by atoms with Crippen molar-refractivity contribution < 1.29 is 0 Å². The van der Waals surface area contributed by atoms with Crippen LogP contribution >= 0.6 is 0 Å². The van der Waals surface area contributed by atoms with Crippen LogP contribution in [0.1, 0.15) is 0 Å². The fourth-order valence-electron chi connectivity index (χ4n) is 0.921. The molecule has 5 nitrogen and oxygen atoms in total. The van der Waals surface area contributed by atoms with Crippen LogP contribution < -0.4 is 5.56 Å². The van der Waals surface area contributed by atoms with Crippen molar-refractivity contribution in [2.24, 2.45) is 7.05 Å². The van der Waals surface area contributed by atoms with Gasteiger partial charge in [-0.1, -0.05) is 0 Å². The molecule has 0 fully saturated rings. The zero-order chi connectivity index (χ0) is 7.84. The average molecular weight is 150 g/mol. The molecule has 5 heteroatoms. The van der Waals surface area contributed by atoms with Crippen LogP contribution in [0.2, 0.25) is 0 Å². The molecule has 2 rings (SSSR count). The summed E-state index contributed by atoms with van der Waals surface area (Å²) in [5.41, 5.74) is -0.157. The Kier molecular flexibility index (Phi) is 1.06. The topological polar surface area (TPSA) is 52.2 Å². The highest BCUT2D eigenvalue weighted by Crippen LogP contribution is 1.89. The largest absolute Gasteiger partial charge is 0.303 e. The van der Waals surface area contributed by atoms with E-state index in [1.54, 1.807) is 17.9 Å². The summed E-state index contributed by atoms with van der Waals surface area (Å²) < 4.78 is 2.93. The van der Waals surface area contributed by atoms with Crippen LogP contribution in [0.25, 0.3) is 5.78 Å². The summed E-state index contributed by atoms with van der Waals surface area (Å²) in [5, 5.41) is 3.82. The third kappa shape index (κ3) is 0.739. The Morgan fingerprint density at radius 2 is 2.36 bits per heavy atom. The van der Waals surface area contributed by atoms with E-state index in [2.05, 4.69) is 10.1 Å². The molecule has 0 N–H and O–H groups in total. The third-order valence-corrected chi connectivity index (χ3v) is 1.46. The van der Waals surface area contributed by atoms with Gasteiger partial charge in [0.05, 0.1) is 0 Å². The van der Waals surface area contributed by atoms with Gasteiger partial charge in [0.25, 0.3) is 5.56 Å². The third-order valence-electron chi connectivity index (χ3n) is 1.46. The van der Waals surface area contributed by atoms with Gasteiger partial charge in [-0.2, -0.15) is 9.61 Å². The minimum atomic E-state index is -0.157. The van der Waals surface area contributed by atoms with Gasteiger partial charge in [-0.25, -0.2) is 4.98 Å².